The fourth-order valence-electron chi connectivity index (χ4n) is 2.90. The van der Waals surface area contributed by atoms with Gasteiger partial charge in [0.05, 0.1) is 6.54 Å². The Hall–Kier alpha value is -1.51. The lowest BCUT2D eigenvalue weighted by molar-refractivity contribution is -0.119. The predicted molar refractivity (Wildman–Crippen MR) is 83.7 cm³/mol. The summed E-state index contributed by atoms with van der Waals surface area (Å²) in [6.45, 7) is 3.47. The molecule has 1 aromatic rings. The highest BCUT2D eigenvalue weighted by molar-refractivity contribution is 5.80. The first-order valence-electron chi connectivity index (χ1n) is 7.83. The monoisotopic (exact) mass is 274 g/mol. The van der Waals surface area contributed by atoms with Gasteiger partial charge in [0.1, 0.15) is 0 Å². The van der Waals surface area contributed by atoms with Crippen molar-refractivity contribution in [2.45, 2.75) is 39.0 Å². The molecule has 0 atom stereocenters. The van der Waals surface area contributed by atoms with Gasteiger partial charge in [-0.2, -0.15) is 0 Å². The summed E-state index contributed by atoms with van der Waals surface area (Å²) in [5.74, 6) is 1.69. The van der Waals surface area contributed by atoms with Crippen molar-refractivity contribution in [3.8, 4) is 0 Å². The van der Waals surface area contributed by atoms with Crippen LogP contribution in [0.1, 0.15) is 39.0 Å². The molecule has 0 aromatic heterocycles. The van der Waals surface area contributed by atoms with E-state index in [-0.39, 0.29) is 5.91 Å². The molecule has 3 heteroatoms. The molecule has 110 valence electrons. The lowest BCUT2D eigenvalue weighted by atomic mass is 9.81. The van der Waals surface area contributed by atoms with E-state index in [1.807, 2.05) is 30.3 Å². The molecule has 1 amide bonds. The molecule has 0 spiro atoms. The van der Waals surface area contributed by atoms with Gasteiger partial charge in [-0.05, 0) is 36.8 Å². The van der Waals surface area contributed by atoms with Crippen LogP contribution in [-0.4, -0.2) is 19.0 Å². The molecule has 0 aliphatic heterocycles. The number of amides is 1. The summed E-state index contributed by atoms with van der Waals surface area (Å²) in [6.07, 6.45) is 6.51. The van der Waals surface area contributed by atoms with E-state index in [4.69, 9.17) is 0 Å². The number of benzene rings is 1. The Labute approximate surface area is 122 Å². The zero-order valence-corrected chi connectivity index (χ0v) is 12.4. The Morgan fingerprint density at radius 2 is 1.75 bits per heavy atom. The number of rotatable bonds is 6. The molecular formula is C17H26N2O. The maximum Gasteiger partial charge on any atom is 0.239 e. The Balaban J connectivity index is 1.61. The lowest BCUT2D eigenvalue weighted by Gasteiger charge is -2.27. The second-order valence-corrected chi connectivity index (χ2v) is 5.82. The van der Waals surface area contributed by atoms with Crippen LogP contribution in [0.25, 0.3) is 0 Å². The van der Waals surface area contributed by atoms with E-state index < -0.39 is 0 Å². The summed E-state index contributed by atoms with van der Waals surface area (Å²) in [6, 6.07) is 9.84. The van der Waals surface area contributed by atoms with Gasteiger partial charge in [0.2, 0.25) is 5.91 Å². The third-order valence-corrected chi connectivity index (χ3v) is 4.36. The molecule has 20 heavy (non-hydrogen) atoms. The highest BCUT2D eigenvalue weighted by Gasteiger charge is 2.20. The van der Waals surface area contributed by atoms with Crippen molar-refractivity contribution in [2.75, 3.05) is 18.4 Å². The molecule has 1 aromatic carbocycles. The van der Waals surface area contributed by atoms with Gasteiger partial charge in [0.25, 0.3) is 0 Å². The van der Waals surface area contributed by atoms with E-state index in [9.17, 15) is 4.79 Å². The quantitative estimate of drug-likeness (QED) is 0.834. The molecule has 1 aliphatic rings. The first-order valence-corrected chi connectivity index (χ1v) is 7.83. The molecule has 0 bridgehead atoms. The minimum Gasteiger partial charge on any atom is -0.376 e. The summed E-state index contributed by atoms with van der Waals surface area (Å²) in [5, 5.41) is 6.19. The Bertz CT molecular complexity index is 397. The van der Waals surface area contributed by atoms with E-state index in [2.05, 4.69) is 17.6 Å². The molecule has 1 aliphatic carbocycles. The number of anilines is 1. The molecule has 2 N–H and O–H groups in total. The van der Waals surface area contributed by atoms with Crippen LogP contribution in [-0.2, 0) is 4.79 Å². The lowest BCUT2D eigenvalue weighted by Crippen LogP contribution is -2.35. The van der Waals surface area contributed by atoms with E-state index in [0.717, 1.165) is 18.2 Å². The van der Waals surface area contributed by atoms with Crippen molar-refractivity contribution < 1.29 is 4.79 Å². The number of carbonyl (C=O) groups excluding carboxylic acids is 1. The van der Waals surface area contributed by atoms with Crippen molar-refractivity contribution in [3.05, 3.63) is 30.3 Å². The van der Waals surface area contributed by atoms with Crippen LogP contribution in [0.2, 0.25) is 0 Å². The van der Waals surface area contributed by atoms with Crippen molar-refractivity contribution in [2.24, 2.45) is 11.8 Å². The maximum atomic E-state index is 11.8. The Morgan fingerprint density at radius 1 is 1.10 bits per heavy atom. The fourth-order valence-corrected chi connectivity index (χ4v) is 2.90. The zero-order chi connectivity index (χ0) is 14.2. The number of hydrogen-bond acceptors (Lipinski definition) is 2. The third kappa shape index (κ3) is 4.87. The molecule has 0 heterocycles. The maximum absolute atomic E-state index is 11.8. The topological polar surface area (TPSA) is 41.1 Å². The first-order chi connectivity index (χ1) is 9.78. The molecule has 1 fully saturated rings. The number of hydrogen-bond donors (Lipinski definition) is 2. The van der Waals surface area contributed by atoms with Gasteiger partial charge in [-0.3, -0.25) is 4.79 Å². The van der Waals surface area contributed by atoms with Crippen LogP contribution in [0.4, 0.5) is 5.69 Å². The van der Waals surface area contributed by atoms with Crippen LogP contribution in [0, 0.1) is 11.8 Å². The molecule has 2 rings (SSSR count). The largest absolute Gasteiger partial charge is 0.376 e. The SMILES string of the molecule is CCC1CCC(CNC(=O)CNc2ccccc2)CC1. The molecule has 0 saturated heterocycles. The van der Waals surface area contributed by atoms with Gasteiger partial charge in [-0.1, -0.05) is 44.4 Å². The van der Waals surface area contributed by atoms with Crippen molar-refractivity contribution in [3.63, 3.8) is 0 Å². The standard InChI is InChI=1S/C17H26N2O/c1-2-14-8-10-15(11-9-14)12-19-17(20)13-18-16-6-4-3-5-7-16/h3-7,14-15,18H,2,8-13H2,1H3,(H,19,20). The van der Waals surface area contributed by atoms with E-state index in [0.29, 0.717) is 12.5 Å². The molecular weight excluding hydrogens is 248 g/mol. The summed E-state index contributed by atoms with van der Waals surface area (Å²) in [5.41, 5.74) is 0.992. The highest BCUT2D eigenvalue weighted by Crippen LogP contribution is 2.29. The minimum absolute atomic E-state index is 0.0893. The van der Waals surface area contributed by atoms with Crippen LogP contribution in [0.5, 0.6) is 0 Å². The number of carbonyl (C=O) groups is 1. The van der Waals surface area contributed by atoms with E-state index in [1.165, 1.54) is 32.1 Å². The summed E-state index contributed by atoms with van der Waals surface area (Å²) < 4.78 is 0. The summed E-state index contributed by atoms with van der Waals surface area (Å²) in [4.78, 5) is 11.8. The number of para-hydroxylation sites is 1. The van der Waals surface area contributed by atoms with Crippen LogP contribution < -0.4 is 10.6 Å². The molecule has 0 radical (unpaired) electrons. The Kier molecular flexibility index (Phi) is 5.90. The minimum atomic E-state index is 0.0893. The zero-order valence-electron chi connectivity index (χ0n) is 12.4. The van der Waals surface area contributed by atoms with E-state index >= 15 is 0 Å². The van der Waals surface area contributed by atoms with Gasteiger partial charge >= 0.3 is 0 Å². The van der Waals surface area contributed by atoms with Gasteiger partial charge in [0, 0.05) is 12.2 Å². The van der Waals surface area contributed by atoms with Crippen LogP contribution in [0.3, 0.4) is 0 Å². The van der Waals surface area contributed by atoms with Crippen LogP contribution >= 0.6 is 0 Å². The third-order valence-electron chi connectivity index (χ3n) is 4.36. The highest BCUT2D eigenvalue weighted by atomic mass is 16.1. The van der Waals surface area contributed by atoms with Gasteiger partial charge in [-0.25, -0.2) is 0 Å². The summed E-state index contributed by atoms with van der Waals surface area (Å²) >= 11 is 0. The number of nitrogens with one attached hydrogen (secondary N) is 2. The smallest absolute Gasteiger partial charge is 0.239 e. The van der Waals surface area contributed by atoms with Crippen molar-refractivity contribution >= 4 is 11.6 Å². The van der Waals surface area contributed by atoms with Crippen molar-refractivity contribution in [1.82, 2.24) is 5.32 Å². The van der Waals surface area contributed by atoms with Gasteiger partial charge < -0.3 is 10.6 Å². The summed E-state index contributed by atoms with van der Waals surface area (Å²) in [7, 11) is 0. The average Bonchev–Trinajstić information content (AvgIpc) is 2.52. The van der Waals surface area contributed by atoms with Crippen LogP contribution in [0.15, 0.2) is 30.3 Å². The van der Waals surface area contributed by atoms with Crippen molar-refractivity contribution in [1.29, 1.82) is 0 Å². The first kappa shape index (κ1) is 14.9. The second-order valence-electron chi connectivity index (χ2n) is 5.82. The Morgan fingerprint density at radius 3 is 2.40 bits per heavy atom. The normalized spacial score (nSPS) is 22.2. The molecule has 1 saturated carbocycles. The fraction of sp³-hybridized carbons (Fsp3) is 0.588. The molecule has 0 unspecified atom stereocenters. The predicted octanol–water partition coefficient (Wildman–Crippen LogP) is 3.43. The second kappa shape index (κ2) is 7.93. The van der Waals surface area contributed by atoms with Gasteiger partial charge in [0.15, 0.2) is 0 Å². The molecule has 3 nitrogen and oxygen atoms in total. The average molecular weight is 274 g/mol. The van der Waals surface area contributed by atoms with E-state index in [1.54, 1.807) is 0 Å². The van der Waals surface area contributed by atoms with Gasteiger partial charge in [-0.15, -0.1) is 0 Å².